The third-order valence-electron chi connectivity index (χ3n) is 7.85. The molecule has 42 heavy (non-hydrogen) atoms. The van der Waals surface area contributed by atoms with Crippen molar-refractivity contribution in [3.8, 4) is 11.1 Å². The van der Waals surface area contributed by atoms with Crippen LogP contribution in [-0.4, -0.2) is 34.8 Å². The van der Waals surface area contributed by atoms with Crippen molar-refractivity contribution in [2.75, 3.05) is 18.0 Å². The molecule has 2 heterocycles. The molecular formula is C34H43Cl2N3O3. The van der Waals surface area contributed by atoms with Gasteiger partial charge in [-0.1, -0.05) is 67.4 Å². The molecule has 2 aromatic carbocycles. The fourth-order valence-corrected chi connectivity index (χ4v) is 5.87. The molecule has 0 saturated carbocycles. The van der Waals surface area contributed by atoms with E-state index in [2.05, 4.69) is 48.3 Å². The Kier molecular flexibility index (Phi) is 9.93. The lowest BCUT2D eigenvalue weighted by Gasteiger charge is -2.41. The summed E-state index contributed by atoms with van der Waals surface area (Å²) < 4.78 is 6.19. The number of benzene rings is 2. The van der Waals surface area contributed by atoms with Gasteiger partial charge in [0, 0.05) is 48.7 Å². The van der Waals surface area contributed by atoms with Gasteiger partial charge in [0.15, 0.2) is 6.10 Å². The third-order valence-corrected chi connectivity index (χ3v) is 8.59. The quantitative estimate of drug-likeness (QED) is 0.252. The predicted molar refractivity (Wildman–Crippen MR) is 173 cm³/mol. The van der Waals surface area contributed by atoms with Gasteiger partial charge in [-0.3, -0.25) is 4.98 Å². The smallest absolute Gasteiger partial charge is 0.337 e. The number of carbonyl (C=O) groups is 1. The van der Waals surface area contributed by atoms with Gasteiger partial charge in [-0.25, -0.2) is 4.79 Å². The van der Waals surface area contributed by atoms with E-state index in [9.17, 15) is 9.90 Å². The van der Waals surface area contributed by atoms with E-state index in [0.29, 0.717) is 34.4 Å². The number of piperidine rings is 1. The van der Waals surface area contributed by atoms with E-state index < -0.39 is 17.7 Å². The van der Waals surface area contributed by atoms with Gasteiger partial charge in [0.2, 0.25) is 0 Å². The van der Waals surface area contributed by atoms with Gasteiger partial charge in [0.1, 0.15) is 0 Å². The molecule has 1 aliphatic rings. The first-order valence-corrected chi connectivity index (χ1v) is 15.3. The van der Waals surface area contributed by atoms with Gasteiger partial charge >= 0.3 is 5.97 Å². The number of hydrogen-bond donors (Lipinski definition) is 2. The maximum absolute atomic E-state index is 12.7. The number of hydrogen-bond acceptors (Lipinski definition) is 5. The molecule has 0 unspecified atom stereocenters. The Morgan fingerprint density at radius 2 is 1.60 bits per heavy atom. The van der Waals surface area contributed by atoms with Gasteiger partial charge in [-0.05, 0) is 81.7 Å². The number of halogens is 2. The summed E-state index contributed by atoms with van der Waals surface area (Å²) in [6.07, 6.45) is 0.910. The van der Waals surface area contributed by atoms with E-state index in [1.165, 1.54) is 0 Å². The van der Waals surface area contributed by atoms with Crippen LogP contribution in [0.3, 0.4) is 0 Å². The number of aliphatic carboxylic acids is 1. The molecule has 8 heteroatoms. The molecule has 3 aromatic rings. The summed E-state index contributed by atoms with van der Waals surface area (Å²) in [5.74, 6) is -1.01. The molecule has 0 spiro atoms. The second-order valence-electron chi connectivity index (χ2n) is 13.1. The topological polar surface area (TPSA) is 74.7 Å². The predicted octanol–water partition coefficient (Wildman–Crippen LogP) is 8.53. The molecule has 0 bridgehead atoms. The van der Waals surface area contributed by atoms with Crippen molar-refractivity contribution >= 4 is 34.9 Å². The Labute approximate surface area is 260 Å². The fraction of sp³-hybridized carbons (Fsp3) is 0.471. The molecule has 4 rings (SSSR count). The number of anilines is 1. The maximum Gasteiger partial charge on any atom is 0.337 e. The van der Waals surface area contributed by atoms with Crippen molar-refractivity contribution in [2.45, 2.75) is 86.1 Å². The molecule has 2 N–H and O–H groups in total. The number of nitrogens with zero attached hydrogens (tertiary/aromatic N) is 2. The van der Waals surface area contributed by atoms with Crippen molar-refractivity contribution in [1.29, 1.82) is 0 Å². The van der Waals surface area contributed by atoms with Crippen LogP contribution in [0.15, 0.2) is 42.5 Å². The molecule has 0 amide bonds. The number of aromatic nitrogens is 1. The lowest BCUT2D eigenvalue weighted by atomic mass is 9.81. The summed E-state index contributed by atoms with van der Waals surface area (Å²) in [5, 5.41) is 15.0. The van der Waals surface area contributed by atoms with Gasteiger partial charge in [-0.2, -0.15) is 0 Å². The van der Waals surface area contributed by atoms with Crippen LogP contribution in [0.4, 0.5) is 5.69 Å². The standard InChI is InChI=1S/C34H43Cl2N3O3/c1-21-28(25-11-8-23(9-12-25)19-37-20-24-10-13-26(35)27(36)18-24)30(39-16-14-34(6,7)15-17-39)29(22(2)38-21)31(32(40)41)42-33(3,4)5/h8-13,18,31,37H,14-17,19-20H2,1-7H3,(H,40,41)/t31-/m0/s1. The largest absolute Gasteiger partial charge is 0.479 e. The van der Waals surface area contributed by atoms with Crippen LogP contribution < -0.4 is 10.2 Å². The summed E-state index contributed by atoms with van der Waals surface area (Å²) in [6.45, 7) is 17.2. The highest BCUT2D eigenvalue weighted by molar-refractivity contribution is 6.42. The third kappa shape index (κ3) is 7.84. The Balaban J connectivity index is 1.70. The zero-order valence-electron chi connectivity index (χ0n) is 25.8. The van der Waals surface area contributed by atoms with Gasteiger partial charge in [0.25, 0.3) is 0 Å². The van der Waals surface area contributed by atoms with Gasteiger partial charge in [0.05, 0.1) is 21.3 Å². The Morgan fingerprint density at radius 3 is 2.17 bits per heavy atom. The SMILES string of the molecule is Cc1nc(C)c([C@H](OC(C)(C)C)C(=O)O)c(N2CCC(C)(C)CC2)c1-c1ccc(CNCc2ccc(Cl)c(Cl)c2)cc1. The van der Waals surface area contributed by atoms with E-state index in [-0.39, 0.29) is 5.41 Å². The van der Waals surface area contributed by atoms with Crippen LogP contribution in [0, 0.1) is 19.3 Å². The van der Waals surface area contributed by atoms with Gasteiger partial charge in [-0.15, -0.1) is 0 Å². The number of ether oxygens (including phenoxy) is 1. The number of aryl methyl sites for hydroxylation is 2. The molecule has 1 fully saturated rings. The summed E-state index contributed by atoms with van der Waals surface area (Å²) >= 11 is 12.2. The molecule has 1 atom stereocenters. The number of pyridine rings is 1. The van der Waals surface area contributed by atoms with E-state index in [4.69, 9.17) is 32.9 Å². The second-order valence-corrected chi connectivity index (χ2v) is 13.9. The van der Waals surface area contributed by atoms with Crippen LogP contribution in [0.2, 0.25) is 10.0 Å². The summed E-state index contributed by atoms with van der Waals surface area (Å²) in [6, 6.07) is 14.1. The fourth-order valence-electron chi connectivity index (χ4n) is 5.55. The maximum atomic E-state index is 12.7. The average Bonchev–Trinajstić information content (AvgIpc) is 2.89. The second kappa shape index (κ2) is 12.9. The van der Waals surface area contributed by atoms with E-state index in [1.807, 2.05) is 52.8 Å². The summed E-state index contributed by atoms with van der Waals surface area (Å²) in [5.41, 5.74) is 6.91. The Morgan fingerprint density at radius 1 is 1.00 bits per heavy atom. The molecule has 6 nitrogen and oxygen atoms in total. The highest BCUT2D eigenvalue weighted by atomic mass is 35.5. The van der Waals surface area contributed by atoms with Crippen LogP contribution in [-0.2, 0) is 22.6 Å². The lowest BCUT2D eigenvalue weighted by molar-refractivity contribution is -0.160. The van der Waals surface area contributed by atoms with Crippen molar-refractivity contribution in [1.82, 2.24) is 10.3 Å². The molecule has 226 valence electrons. The first-order valence-electron chi connectivity index (χ1n) is 14.6. The van der Waals surface area contributed by atoms with Crippen molar-refractivity contribution in [3.05, 3.63) is 80.6 Å². The van der Waals surface area contributed by atoms with Gasteiger partial charge < -0.3 is 20.1 Å². The van der Waals surface area contributed by atoms with E-state index in [1.54, 1.807) is 0 Å². The van der Waals surface area contributed by atoms with E-state index in [0.717, 1.165) is 59.6 Å². The molecule has 0 radical (unpaired) electrons. The Hall–Kier alpha value is -2.64. The van der Waals surface area contributed by atoms with Crippen LogP contribution >= 0.6 is 23.2 Å². The minimum atomic E-state index is -1.13. The average molecular weight is 613 g/mol. The zero-order chi connectivity index (χ0) is 30.8. The molecule has 1 aromatic heterocycles. The van der Waals surface area contributed by atoms with Crippen molar-refractivity contribution in [2.24, 2.45) is 5.41 Å². The molecule has 0 aliphatic carbocycles. The highest BCUT2D eigenvalue weighted by Crippen LogP contribution is 2.44. The number of carboxylic acids is 1. The van der Waals surface area contributed by atoms with E-state index >= 15 is 0 Å². The van der Waals surface area contributed by atoms with Crippen LogP contribution in [0.25, 0.3) is 11.1 Å². The molecule has 1 aliphatic heterocycles. The number of nitrogens with one attached hydrogen (secondary N) is 1. The summed E-state index contributed by atoms with van der Waals surface area (Å²) in [7, 11) is 0. The van der Waals surface area contributed by atoms with Crippen molar-refractivity contribution < 1.29 is 14.6 Å². The number of carboxylic acid groups (broad SMARTS) is 1. The zero-order valence-corrected chi connectivity index (χ0v) is 27.3. The first kappa shape index (κ1) is 32.3. The molecular weight excluding hydrogens is 569 g/mol. The first-order chi connectivity index (χ1) is 19.6. The highest BCUT2D eigenvalue weighted by Gasteiger charge is 2.36. The minimum Gasteiger partial charge on any atom is -0.479 e. The minimum absolute atomic E-state index is 0.244. The number of rotatable bonds is 9. The summed E-state index contributed by atoms with van der Waals surface area (Å²) in [4.78, 5) is 19.9. The lowest BCUT2D eigenvalue weighted by Crippen LogP contribution is -2.39. The molecule has 1 saturated heterocycles. The van der Waals surface area contributed by atoms with Crippen molar-refractivity contribution in [3.63, 3.8) is 0 Å². The Bertz CT molecular complexity index is 1420. The van der Waals surface area contributed by atoms with Crippen LogP contribution in [0.5, 0.6) is 0 Å². The van der Waals surface area contributed by atoms with Crippen LogP contribution in [0.1, 0.15) is 81.6 Å². The normalized spacial score (nSPS) is 16.0. The monoisotopic (exact) mass is 611 g/mol.